The van der Waals surface area contributed by atoms with Gasteiger partial charge in [-0.05, 0) is 25.3 Å². The number of nitrogens with zero attached hydrogens (tertiary/aromatic N) is 2. The molecule has 2 aromatic heterocycles. The number of hydrogen-bond donors (Lipinski definition) is 2. The van der Waals surface area contributed by atoms with Crippen molar-refractivity contribution in [3.05, 3.63) is 65.2 Å². The third-order valence-electron chi connectivity index (χ3n) is 4.02. The number of benzene rings is 1. The number of fused-ring (bicyclic) bond motifs is 1. The first kappa shape index (κ1) is 19.2. The molecule has 0 aliphatic carbocycles. The van der Waals surface area contributed by atoms with Crippen LogP contribution in [0.4, 0.5) is 4.39 Å². The minimum absolute atomic E-state index is 0.109. The Kier molecular flexibility index (Phi) is 6.31. The van der Waals surface area contributed by atoms with Crippen LogP contribution < -0.4 is 14.8 Å². The second-order valence-corrected chi connectivity index (χ2v) is 6.58. The number of aromatic nitrogens is 2. The van der Waals surface area contributed by atoms with Crippen LogP contribution in [0.25, 0.3) is 5.52 Å². The van der Waals surface area contributed by atoms with Crippen LogP contribution in [0.15, 0.2) is 42.6 Å². The van der Waals surface area contributed by atoms with E-state index >= 15 is 0 Å². The Morgan fingerprint density at radius 2 is 2.11 bits per heavy atom. The van der Waals surface area contributed by atoms with E-state index in [1.54, 1.807) is 48.0 Å². The van der Waals surface area contributed by atoms with Gasteiger partial charge in [-0.1, -0.05) is 30.1 Å². The van der Waals surface area contributed by atoms with Gasteiger partial charge >= 0.3 is 0 Å². The predicted octanol–water partition coefficient (Wildman–Crippen LogP) is 2.96. The number of rotatable bonds is 8. The highest BCUT2D eigenvalue weighted by molar-refractivity contribution is 7.96. The van der Waals surface area contributed by atoms with Crippen LogP contribution in [0.2, 0.25) is 0 Å². The molecular weight excluding hydrogens is 367 g/mol. The Bertz CT molecular complexity index is 945. The molecule has 3 rings (SSSR count). The van der Waals surface area contributed by atoms with Crippen LogP contribution >= 0.6 is 11.9 Å². The van der Waals surface area contributed by atoms with E-state index in [0.717, 1.165) is 0 Å². The minimum atomic E-state index is -0.308. The summed E-state index contributed by atoms with van der Waals surface area (Å²) in [6, 6.07) is 9.97. The van der Waals surface area contributed by atoms with Crippen molar-refractivity contribution in [3.63, 3.8) is 0 Å². The zero-order chi connectivity index (χ0) is 19.2. The van der Waals surface area contributed by atoms with E-state index in [4.69, 9.17) is 4.74 Å². The van der Waals surface area contributed by atoms with E-state index in [1.807, 2.05) is 6.26 Å². The molecule has 0 fully saturated rings. The Labute approximate surface area is 161 Å². The van der Waals surface area contributed by atoms with Crippen molar-refractivity contribution >= 4 is 23.4 Å². The number of carbonyl (C=O) groups excluding carboxylic acids is 1. The molecule has 142 valence electrons. The number of pyridine rings is 1. The molecule has 0 aliphatic rings. The normalized spacial score (nSPS) is 10.9. The van der Waals surface area contributed by atoms with E-state index in [9.17, 15) is 9.18 Å². The predicted molar refractivity (Wildman–Crippen MR) is 105 cm³/mol. The number of halogens is 1. The van der Waals surface area contributed by atoms with Gasteiger partial charge in [0.05, 0.1) is 16.8 Å². The standard InChI is InChI=1S/C19H21FN4O2S/c1-13-18(19(25)21-8-9-22-27-2)17-11-15(7-10-24(17)23-13)26-12-14-5-3-4-6-16(14)20/h3-7,10-11,22H,8-9,12H2,1-2H3,(H,21,25). The van der Waals surface area contributed by atoms with Crippen LogP contribution in [-0.2, 0) is 6.61 Å². The number of aryl methyl sites for hydroxylation is 1. The first-order valence-corrected chi connectivity index (χ1v) is 9.72. The summed E-state index contributed by atoms with van der Waals surface area (Å²) in [6.07, 6.45) is 3.66. The fourth-order valence-electron chi connectivity index (χ4n) is 2.71. The summed E-state index contributed by atoms with van der Waals surface area (Å²) in [7, 11) is 0. The first-order valence-electron chi connectivity index (χ1n) is 8.49. The SMILES string of the molecule is CSNCCNC(=O)c1c(C)nn2ccc(OCc3ccccc3F)cc12. The molecule has 0 unspecified atom stereocenters. The molecule has 0 aliphatic heterocycles. The maximum atomic E-state index is 13.7. The number of hydrogen-bond acceptors (Lipinski definition) is 5. The van der Waals surface area contributed by atoms with Crippen molar-refractivity contribution in [3.8, 4) is 5.75 Å². The maximum Gasteiger partial charge on any atom is 0.255 e. The van der Waals surface area contributed by atoms with Crippen LogP contribution in [0.5, 0.6) is 5.75 Å². The number of nitrogens with one attached hydrogen (secondary N) is 2. The van der Waals surface area contributed by atoms with Gasteiger partial charge in [0.15, 0.2) is 0 Å². The lowest BCUT2D eigenvalue weighted by Crippen LogP contribution is -2.30. The molecule has 1 amide bonds. The Morgan fingerprint density at radius 3 is 2.89 bits per heavy atom. The summed E-state index contributed by atoms with van der Waals surface area (Å²) in [5.74, 6) is 0.0538. The van der Waals surface area contributed by atoms with Crippen molar-refractivity contribution in [2.75, 3.05) is 19.3 Å². The van der Waals surface area contributed by atoms with Gasteiger partial charge in [-0.15, -0.1) is 0 Å². The summed E-state index contributed by atoms with van der Waals surface area (Å²) >= 11 is 1.50. The summed E-state index contributed by atoms with van der Waals surface area (Å²) in [4.78, 5) is 12.5. The van der Waals surface area contributed by atoms with Gasteiger partial charge in [0.25, 0.3) is 5.91 Å². The number of amides is 1. The molecule has 27 heavy (non-hydrogen) atoms. The molecule has 0 bridgehead atoms. The van der Waals surface area contributed by atoms with Crippen molar-refractivity contribution < 1.29 is 13.9 Å². The minimum Gasteiger partial charge on any atom is -0.489 e. The van der Waals surface area contributed by atoms with Crippen LogP contribution in [0, 0.1) is 12.7 Å². The highest BCUT2D eigenvalue weighted by Gasteiger charge is 2.17. The fourth-order valence-corrected chi connectivity index (χ4v) is 3.01. The van der Waals surface area contributed by atoms with Gasteiger partial charge in [0, 0.05) is 30.9 Å². The monoisotopic (exact) mass is 388 g/mol. The third kappa shape index (κ3) is 4.58. The lowest BCUT2D eigenvalue weighted by Gasteiger charge is -2.08. The quantitative estimate of drug-likeness (QED) is 0.459. The fraction of sp³-hybridized carbons (Fsp3) is 0.263. The van der Waals surface area contributed by atoms with Crippen molar-refractivity contribution in [1.82, 2.24) is 19.7 Å². The van der Waals surface area contributed by atoms with Crippen LogP contribution in [-0.4, -0.2) is 34.9 Å². The maximum absolute atomic E-state index is 13.7. The van der Waals surface area contributed by atoms with Gasteiger partial charge in [-0.25, -0.2) is 8.91 Å². The molecule has 0 saturated carbocycles. The molecular formula is C19H21FN4O2S. The summed E-state index contributed by atoms with van der Waals surface area (Å²) in [5, 5.41) is 7.25. The van der Waals surface area contributed by atoms with Gasteiger partial charge < -0.3 is 10.1 Å². The average molecular weight is 388 g/mol. The second-order valence-electron chi connectivity index (χ2n) is 5.89. The lowest BCUT2D eigenvalue weighted by atomic mass is 10.2. The zero-order valence-electron chi connectivity index (χ0n) is 15.2. The third-order valence-corrected chi connectivity index (χ3v) is 4.51. The van der Waals surface area contributed by atoms with Crippen molar-refractivity contribution in [2.45, 2.75) is 13.5 Å². The molecule has 2 heterocycles. The van der Waals surface area contributed by atoms with Crippen LogP contribution in [0.3, 0.4) is 0 Å². The van der Waals surface area contributed by atoms with Gasteiger partial charge in [-0.2, -0.15) is 5.10 Å². The topological polar surface area (TPSA) is 67.7 Å². The van der Waals surface area contributed by atoms with E-state index < -0.39 is 0 Å². The Balaban J connectivity index is 1.77. The molecule has 6 nitrogen and oxygen atoms in total. The second kappa shape index (κ2) is 8.88. The summed E-state index contributed by atoms with van der Waals surface area (Å²) < 4.78 is 24.2. The average Bonchev–Trinajstić information content (AvgIpc) is 2.99. The molecule has 0 saturated heterocycles. The summed E-state index contributed by atoms with van der Waals surface area (Å²) in [5.41, 5.74) is 2.27. The summed E-state index contributed by atoms with van der Waals surface area (Å²) in [6.45, 7) is 3.09. The molecule has 8 heteroatoms. The van der Waals surface area contributed by atoms with E-state index in [1.165, 1.54) is 18.0 Å². The Hall–Kier alpha value is -2.58. The van der Waals surface area contributed by atoms with Gasteiger partial charge in [0.1, 0.15) is 18.2 Å². The molecule has 0 spiro atoms. The highest BCUT2D eigenvalue weighted by Crippen LogP contribution is 2.22. The molecule has 2 N–H and O–H groups in total. The Morgan fingerprint density at radius 1 is 1.30 bits per heavy atom. The van der Waals surface area contributed by atoms with Crippen molar-refractivity contribution in [2.24, 2.45) is 0 Å². The smallest absolute Gasteiger partial charge is 0.255 e. The number of carbonyl (C=O) groups is 1. The molecule has 0 atom stereocenters. The highest BCUT2D eigenvalue weighted by atomic mass is 32.2. The molecule has 1 aromatic carbocycles. The van der Waals surface area contributed by atoms with Crippen molar-refractivity contribution in [1.29, 1.82) is 0 Å². The molecule has 3 aromatic rings. The largest absolute Gasteiger partial charge is 0.489 e. The van der Waals surface area contributed by atoms with Gasteiger partial charge in [0.2, 0.25) is 0 Å². The lowest BCUT2D eigenvalue weighted by molar-refractivity contribution is 0.0955. The molecule has 0 radical (unpaired) electrons. The number of ether oxygens (including phenoxy) is 1. The van der Waals surface area contributed by atoms with Gasteiger partial charge in [-0.3, -0.25) is 9.52 Å². The van der Waals surface area contributed by atoms with Crippen LogP contribution in [0.1, 0.15) is 21.6 Å². The first-order chi connectivity index (χ1) is 13.1. The van der Waals surface area contributed by atoms with E-state index in [2.05, 4.69) is 15.1 Å². The zero-order valence-corrected chi connectivity index (χ0v) is 16.0. The van der Waals surface area contributed by atoms with E-state index in [-0.39, 0.29) is 18.3 Å². The van der Waals surface area contributed by atoms with E-state index in [0.29, 0.717) is 41.2 Å².